The molecule has 1 saturated carbocycles. The van der Waals surface area contributed by atoms with E-state index < -0.39 is 5.97 Å². The van der Waals surface area contributed by atoms with Gasteiger partial charge in [0.15, 0.2) is 0 Å². The van der Waals surface area contributed by atoms with E-state index in [1.54, 1.807) is 12.3 Å². The summed E-state index contributed by atoms with van der Waals surface area (Å²) in [6.07, 6.45) is 4.81. The van der Waals surface area contributed by atoms with Crippen LogP contribution >= 0.6 is 0 Å². The molecule has 1 N–H and O–H groups in total. The van der Waals surface area contributed by atoms with Crippen LogP contribution in [0, 0.1) is 11.8 Å². The lowest BCUT2D eigenvalue weighted by Crippen LogP contribution is -2.29. The minimum absolute atomic E-state index is 0.0803. The van der Waals surface area contributed by atoms with Crippen molar-refractivity contribution in [2.45, 2.75) is 39.2 Å². The maximum atomic E-state index is 11.1. The smallest absolute Gasteiger partial charge is 0.341 e. The van der Waals surface area contributed by atoms with E-state index in [4.69, 9.17) is 9.84 Å². The summed E-state index contributed by atoms with van der Waals surface area (Å²) in [5, 5.41) is 9.08. The molecule has 2 atom stereocenters. The summed E-state index contributed by atoms with van der Waals surface area (Å²) in [4.78, 5) is 15.1. The predicted molar refractivity (Wildman–Crippen MR) is 67.8 cm³/mol. The molecule has 0 amide bonds. The van der Waals surface area contributed by atoms with Gasteiger partial charge in [-0.3, -0.25) is 0 Å². The van der Waals surface area contributed by atoms with E-state index >= 15 is 0 Å². The Hall–Kier alpha value is -1.58. The summed E-state index contributed by atoms with van der Waals surface area (Å²) >= 11 is 0. The van der Waals surface area contributed by atoms with E-state index in [0.29, 0.717) is 11.8 Å². The highest BCUT2D eigenvalue weighted by atomic mass is 16.5. The van der Waals surface area contributed by atoms with Gasteiger partial charge in [-0.05, 0) is 43.2 Å². The molecule has 2 rings (SSSR count). The third-order valence-corrected chi connectivity index (χ3v) is 3.42. The Balaban J connectivity index is 2.11. The predicted octanol–water partition coefficient (Wildman–Crippen LogP) is 2.98. The number of aromatic nitrogens is 1. The summed E-state index contributed by atoms with van der Waals surface area (Å²) in [5.74, 6) is 0.498. The number of ether oxygens (including phenoxy) is 1. The Morgan fingerprint density at radius 2 is 2.00 bits per heavy atom. The highest BCUT2D eigenvalue weighted by Gasteiger charge is 2.26. The summed E-state index contributed by atoms with van der Waals surface area (Å²) in [6, 6.07) is 3.14. The van der Waals surface area contributed by atoms with E-state index in [1.165, 1.54) is 12.5 Å². The van der Waals surface area contributed by atoms with Crippen LogP contribution in [0.4, 0.5) is 0 Å². The van der Waals surface area contributed by atoms with Crippen LogP contribution in [-0.2, 0) is 0 Å². The third-order valence-electron chi connectivity index (χ3n) is 3.42. The molecule has 18 heavy (non-hydrogen) atoms. The van der Waals surface area contributed by atoms with E-state index in [-0.39, 0.29) is 17.5 Å². The zero-order valence-corrected chi connectivity index (χ0v) is 10.8. The lowest BCUT2D eigenvalue weighted by molar-refractivity contribution is 0.0670. The van der Waals surface area contributed by atoms with Gasteiger partial charge in [0.25, 0.3) is 0 Å². The fourth-order valence-corrected chi connectivity index (χ4v) is 2.77. The van der Waals surface area contributed by atoms with Gasteiger partial charge in [-0.25, -0.2) is 9.78 Å². The van der Waals surface area contributed by atoms with Crippen LogP contribution in [0.15, 0.2) is 18.3 Å². The van der Waals surface area contributed by atoms with Gasteiger partial charge in [-0.1, -0.05) is 13.8 Å². The molecule has 0 bridgehead atoms. The maximum Gasteiger partial charge on any atom is 0.341 e. The quantitative estimate of drug-likeness (QED) is 0.894. The largest absolute Gasteiger partial charge is 0.477 e. The van der Waals surface area contributed by atoms with Crippen LogP contribution in [0.5, 0.6) is 5.88 Å². The first-order valence-corrected chi connectivity index (χ1v) is 6.41. The summed E-state index contributed by atoms with van der Waals surface area (Å²) in [7, 11) is 0. The van der Waals surface area contributed by atoms with Crippen molar-refractivity contribution in [2.24, 2.45) is 11.8 Å². The van der Waals surface area contributed by atoms with Crippen LogP contribution in [-0.4, -0.2) is 22.2 Å². The van der Waals surface area contributed by atoms with Crippen LogP contribution in [0.25, 0.3) is 0 Å². The number of hydrogen-bond donors (Lipinski definition) is 1. The molecule has 1 heterocycles. The molecule has 2 unspecified atom stereocenters. The summed E-state index contributed by atoms with van der Waals surface area (Å²) < 4.78 is 5.80. The summed E-state index contributed by atoms with van der Waals surface area (Å²) in [5.41, 5.74) is 0.142. The summed E-state index contributed by atoms with van der Waals surface area (Å²) in [6.45, 7) is 4.42. The second-order valence-electron chi connectivity index (χ2n) is 5.32. The topological polar surface area (TPSA) is 59.4 Å². The van der Waals surface area contributed by atoms with E-state index in [2.05, 4.69) is 18.8 Å². The Kier molecular flexibility index (Phi) is 3.84. The maximum absolute atomic E-state index is 11.1. The molecule has 0 radical (unpaired) electrons. The zero-order valence-electron chi connectivity index (χ0n) is 10.8. The minimum Gasteiger partial charge on any atom is -0.477 e. The van der Waals surface area contributed by atoms with Gasteiger partial charge < -0.3 is 9.84 Å². The number of carbonyl (C=O) groups is 1. The Labute approximate surface area is 107 Å². The standard InChI is InChI=1S/C14H19NO3/c1-9-6-10(2)8-11(7-9)18-13-12(14(16)17)4-3-5-15-13/h3-5,9-11H,6-8H2,1-2H3,(H,16,17). The molecule has 1 fully saturated rings. The van der Waals surface area contributed by atoms with Crippen molar-refractivity contribution in [1.29, 1.82) is 0 Å². The van der Waals surface area contributed by atoms with Crippen molar-refractivity contribution in [3.63, 3.8) is 0 Å². The molecule has 1 aromatic heterocycles. The van der Waals surface area contributed by atoms with Gasteiger partial charge >= 0.3 is 5.97 Å². The Bertz CT molecular complexity index is 423. The van der Waals surface area contributed by atoms with E-state index in [0.717, 1.165) is 12.8 Å². The Morgan fingerprint density at radius 3 is 2.61 bits per heavy atom. The fraction of sp³-hybridized carbons (Fsp3) is 0.571. The molecule has 0 saturated heterocycles. The van der Waals surface area contributed by atoms with Crippen LogP contribution < -0.4 is 4.74 Å². The van der Waals surface area contributed by atoms with Gasteiger partial charge in [-0.15, -0.1) is 0 Å². The number of pyridine rings is 1. The molecule has 0 spiro atoms. The lowest BCUT2D eigenvalue weighted by Gasteiger charge is -2.31. The molecule has 1 aliphatic carbocycles. The van der Waals surface area contributed by atoms with E-state index in [1.807, 2.05) is 0 Å². The number of carboxylic acid groups (broad SMARTS) is 1. The molecule has 1 aliphatic rings. The molecule has 4 heteroatoms. The lowest BCUT2D eigenvalue weighted by atomic mass is 9.82. The average Bonchev–Trinajstić information content (AvgIpc) is 2.27. The molecular formula is C14H19NO3. The molecule has 4 nitrogen and oxygen atoms in total. The number of carboxylic acids is 1. The first kappa shape index (κ1) is 12.9. The van der Waals surface area contributed by atoms with Gasteiger partial charge in [-0.2, -0.15) is 0 Å². The van der Waals surface area contributed by atoms with Crippen molar-refractivity contribution in [2.75, 3.05) is 0 Å². The normalized spacial score (nSPS) is 27.8. The first-order valence-electron chi connectivity index (χ1n) is 6.41. The second kappa shape index (κ2) is 5.38. The first-order chi connectivity index (χ1) is 8.56. The van der Waals surface area contributed by atoms with Crippen LogP contribution in [0.3, 0.4) is 0 Å². The van der Waals surface area contributed by atoms with Gasteiger partial charge in [0.2, 0.25) is 5.88 Å². The third kappa shape index (κ3) is 3.00. The van der Waals surface area contributed by atoms with E-state index in [9.17, 15) is 4.79 Å². The molecular weight excluding hydrogens is 230 g/mol. The van der Waals surface area contributed by atoms with Crippen molar-refractivity contribution in [3.05, 3.63) is 23.9 Å². The highest BCUT2D eigenvalue weighted by Crippen LogP contribution is 2.31. The molecule has 1 aromatic rings. The number of nitrogens with zero attached hydrogens (tertiary/aromatic N) is 1. The van der Waals surface area contributed by atoms with Crippen molar-refractivity contribution in [3.8, 4) is 5.88 Å². The fourth-order valence-electron chi connectivity index (χ4n) is 2.77. The number of rotatable bonds is 3. The minimum atomic E-state index is -0.991. The molecule has 0 aromatic carbocycles. The van der Waals surface area contributed by atoms with Crippen molar-refractivity contribution < 1.29 is 14.6 Å². The average molecular weight is 249 g/mol. The van der Waals surface area contributed by atoms with Crippen molar-refractivity contribution in [1.82, 2.24) is 4.98 Å². The number of aromatic carboxylic acids is 1. The Morgan fingerprint density at radius 1 is 1.33 bits per heavy atom. The monoisotopic (exact) mass is 249 g/mol. The van der Waals surface area contributed by atoms with Gasteiger partial charge in [0.1, 0.15) is 11.7 Å². The second-order valence-corrected chi connectivity index (χ2v) is 5.32. The molecule has 98 valence electrons. The molecule has 0 aliphatic heterocycles. The van der Waals surface area contributed by atoms with Gasteiger partial charge in [0.05, 0.1) is 0 Å². The SMILES string of the molecule is CC1CC(C)CC(Oc2ncccc2C(=O)O)C1. The van der Waals surface area contributed by atoms with Crippen LogP contribution in [0.2, 0.25) is 0 Å². The highest BCUT2D eigenvalue weighted by molar-refractivity contribution is 5.90. The number of hydrogen-bond acceptors (Lipinski definition) is 3. The zero-order chi connectivity index (χ0) is 13.1. The van der Waals surface area contributed by atoms with Crippen molar-refractivity contribution >= 4 is 5.97 Å². The van der Waals surface area contributed by atoms with Crippen LogP contribution in [0.1, 0.15) is 43.5 Å². The van der Waals surface area contributed by atoms with Gasteiger partial charge in [0, 0.05) is 6.20 Å².